The molecular weight excluding hydrogens is 260 g/mol. The number of thiophene rings is 2. The molecule has 3 heterocycles. The van der Waals surface area contributed by atoms with E-state index in [4.69, 9.17) is 0 Å². The van der Waals surface area contributed by atoms with E-state index in [0.717, 1.165) is 10.5 Å². The maximum Gasteiger partial charge on any atom is 0.127 e. The van der Waals surface area contributed by atoms with E-state index in [1.165, 1.54) is 15.8 Å². The van der Waals surface area contributed by atoms with Gasteiger partial charge in [-0.05, 0) is 11.4 Å². The van der Waals surface area contributed by atoms with Crippen LogP contribution in [0.4, 0.5) is 0 Å². The second kappa shape index (κ2) is 4.14. The van der Waals surface area contributed by atoms with Gasteiger partial charge in [-0.25, -0.2) is 9.97 Å². The lowest BCUT2D eigenvalue weighted by Gasteiger charge is -2.18. The Balaban J connectivity index is 2.35. The molecule has 0 aliphatic rings. The van der Waals surface area contributed by atoms with Gasteiger partial charge in [-0.15, -0.1) is 22.7 Å². The Bertz CT molecular complexity index is 675. The molecule has 0 N–H and O–H groups in total. The monoisotopic (exact) mass is 274 g/mol. The van der Waals surface area contributed by atoms with E-state index in [9.17, 15) is 0 Å². The molecule has 0 radical (unpaired) electrons. The summed E-state index contributed by atoms with van der Waals surface area (Å²) in [7, 11) is 0. The Morgan fingerprint density at radius 1 is 1.11 bits per heavy atom. The van der Waals surface area contributed by atoms with Crippen LogP contribution in [-0.2, 0) is 5.41 Å². The molecule has 3 aromatic rings. The highest BCUT2D eigenvalue weighted by atomic mass is 32.1. The summed E-state index contributed by atoms with van der Waals surface area (Å²) >= 11 is 3.46. The van der Waals surface area contributed by atoms with E-state index in [1.54, 1.807) is 29.0 Å². The van der Waals surface area contributed by atoms with Crippen molar-refractivity contribution in [3.05, 3.63) is 34.9 Å². The lowest BCUT2D eigenvalue weighted by molar-refractivity contribution is 0.574. The maximum atomic E-state index is 4.52. The van der Waals surface area contributed by atoms with Gasteiger partial charge in [0.25, 0.3) is 0 Å². The first-order valence-corrected chi connectivity index (χ1v) is 7.60. The number of hydrogen-bond acceptors (Lipinski definition) is 4. The van der Waals surface area contributed by atoms with Gasteiger partial charge in [0.15, 0.2) is 0 Å². The summed E-state index contributed by atoms with van der Waals surface area (Å²) in [5, 5.41) is 5.53. The van der Waals surface area contributed by atoms with Crippen LogP contribution in [0.15, 0.2) is 29.2 Å². The predicted molar refractivity (Wildman–Crippen MR) is 79.4 cm³/mol. The molecular formula is C14H14N2S2. The standard InChI is InChI=1S/C14H14N2S2/c1-14(2,3)12-11-9(10-5-4-6-17-10)7-18-13(11)16-8-15-12/h4-8H,1-3H3. The summed E-state index contributed by atoms with van der Waals surface area (Å²) in [5.74, 6) is 0. The molecule has 2 nitrogen and oxygen atoms in total. The summed E-state index contributed by atoms with van der Waals surface area (Å²) in [4.78, 5) is 11.3. The van der Waals surface area contributed by atoms with Gasteiger partial charge in [0.2, 0.25) is 0 Å². The fourth-order valence-electron chi connectivity index (χ4n) is 2.06. The van der Waals surface area contributed by atoms with Gasteiger partial charge in [0.05, 0.1) is 5.69 Å². The van der Waals surface area contributed by atoms with Crippen LogP contribution in [0, 0.1) is 0 Å². The Hall–Kier alpha value is -1.26. The summed E-state index contributed by atoms with van der Waals surface area (Å²) < 4.78 is 0. The van der Waals surface area contributed by atoms with Crippen molar-refractivity contribution in [1.82, 2.24) is 9.97 Å². The van der Waals surface area contributed by atoms with Crippen molar-refractivity contribution in [3.63, 3.8) is 0 Å². The molecule has 3 aromatic heterocycles. The summed E-state index contributed by atoms with van der Waals surface area (Å²) in [6, 6.07) is 4.25. The summed E-state index contributed by atoms with van der Waals surface area (Å²) in [5.41, 5.74) is 2.45. The van der Waals surface area contributed by atoms with Gasteiger partial charge >= 0.3 is 0 Å². The Labute approximate surface area is 114 Å². The van der Waals surface area contributed by atoms with Crippen LogP contribution < -0.4 is 0 Å². The zero-order valence-corrected chi connectivity index (χ0v) is 12.2. The number of hydrogen-bond donors (Lipinski definition) is 0. The molecule has 0 saturated carbocycles. The Kier molecular flexibility index (Phi) is 2.72. The molecule has 0 unspecified atom stereocenters. The smallest absolute Gasteiger partial charge is 0.127 e. The van der Waals surface area contributed by atoms with Crippen LogP contribution in [0.1, 0.15) is 26.5 Å². The average molecular weight is 274 g/mol. The third-order valence-electron chi connectivity index (χ3n) is 2.87. The van der Waals surface area contributed by atoms with Crippen molar-refractivity contribution < 1.29 is 0 Å². The zero-order chi connectivity index (χ0) is 12.8. The van der Waals surface area contributed by atoms with Crippen molar-refractivity contribution in [3.8, 4) is 10.4 Å². The fourth-order valence-corrected chi connectivity index (χ4v) is 3.79. The molecule has 0 saturated heterocycles. The van der Waals surface area contributed by atoms with E-state index < -0.39 is 0 Å². The van der Waals surface area contributed by atoms with Crippen LogP contribution >= 0.6 is 22.7 Å². The van der Waals surface area contributed by atoms with Crippen LogP contribution in [0.2, 0.25) is 0 Å². The minimum Gasteiger partial charge on any atom is -0.240 e. The molecule has 3 rings (SSSR count). The molecule has 0 fully saturated rings. The van der Waals surface area contributed by atoms with E-state index in [-0.39, 0.29) is 5.41 Å². The number of rotatable bonds is 1. The second-order valence-corrected chi connectivity index (χ2v) is 7.08. The van der Waals surface area contributed by atoms with Crippen LogP contribution in [0.3, 0.4) is 0 Å². The van der Waals surface area contributed by atoms with E-state index in [1.807, 2.05) is 0 Å². The highest BCUT2D eigenvalue weighted by molar-refractivity contribution is 7.18. The molecule has 0 spiro atoms. The first-order chi connectivity index (χ1) is 8.57. The molecule has 0 amide bonds. The average Bonchev–Trinajstić information content (AvgIpc) is 2.95. The highest BCUT2D eigenvalue weighted by Gasteiger charge is 2.22. The van der Waals surface area contributed by atoms with Gasteiger partial charge in [-0.2, -0.15) is 0 Å². The van der Waals surface area contributed by atoms with Crippen molar-refractivity contribution >= 4 is 32.9 Å². The van der Waals surface area contributed by atoms with Gasteiger partial charge < -0.3 is 0 Å². The third kappa shape index (κ3) is 1.85. The number of aromatic nitrogens is 2. The minimum atomic E-state index is 0.0360. The topological polar surface area (TPSA) is 25.8 Å². The van der Waals surface area contributed by atoms with Gasteiger partial charge in [-0.1, -0.05) is 26.8 Å². The molecule has 0 aliphatic heterocycles. The molecule has 0 aromatic carbocycles. The van der Waals surface area contributed by atoms with Gasteiger partial charge in [0, 0.05) is 26.6 Å². The number of fused-ring (bicyclic) bond motifs is 1. The van der Waals surface area contributed by atoms with E-state index in [0.29, 0.717) is 0 Å². The van der Waals surface area contributed by atoms with Crippen LogP contribution in [0.25, 0.3) is 20.7 Å². The summed E-state index contributed by atoms with van der Waals surface area (Å²) in [6.45, 7) is 6.60. The van der Waals surface area contributed by atoms with Gasteiger partial charge in [0.1, 0.15) is 11.2 Å². The molecule has 0 atom stereocenters. The van der Waals surface area contributed by atoms with Crippen LogP contribution in [0.5, 0.6) is 0 Å². The fraction of sp³-hybridized carbons (Fsp3) is 0.286. The van der Waals surface area contributed by atoms with Crippen molar-refractivity contribution in [2.45, 2.75) is 26.2 Å². The maximum absolute atomic E-state index is 4.52. The van der Waals surface area contributed by atoms with Crippen LogP contribution in [-0.4, -0.2) is 9.97 Å². The second-order valence-electron chi connectivity index (χ2n) is 5.28. The predicted octanol–water partition coefficient (Wildman–Crippen LogP) is 4.72. The quantitative estimate of drug-likeness (QED) is 0.642. The lowest BCUT2D eigenvalue weighted by Crippen LogP contribution is -2.14. The number of nitrogens with zero attached hydrogens (tertiary/aromatic N) is 2. The largest absolute Gasteiger partial charge is 0.240 e. The normalized spacial score (nSPS) is 12.2. The Morgan fingerprint density at radius 2 is 1.94 bits per heavy atom. The lowest BCUT2D eigenvalue weighted by atomic mass is 9.89. The zero-order valence-electron chi connectivity index (χ0n) is 10.6. The molecule has 0 bridgehead atoms. The molecule has 92 valence electrons. The summed E-state index contributed by atoms with van der Waals surface area (Å²) in [6.07, 6.45) is 1.68. The van der Waals surface area contributed by atoms with E-state index in [2.05, 4.69) is 53.6 Å². The minimum absolute atomic E-state index is 0.0360. The van der Waals surface area contributed by atoms with Gasteiger partial charge in [-0.3, -0.25) is 0 Å². The van der Waals surface area contributed by atoms with Crippen molar-refractivity contribution in [1.29, 1.82) is 0 Å². The first kappa shape index (κ1) is 11.8. The molecule has 4 heteroatoms. The first-order valence-electron chi connectivity index (χ1n) is 5.84. The van der Waals surface area contributed by atoms with Crippen molar-refractivity contribution in [2.75, 3.05) is 0 Å². The SMILES string of the molecule is CC(C)(C)c1ncnc2scc(-c3cccs3)c12. The van der Waals surface area contributed by atoms with Crippen molar-refractivity contribution in [2.24, 2.45) is 0 Å². The molecule has 18 heavy (non-hydrogen) atoms. The third-order valence-corrected chi connectivity index (χ3v) is 4.66. The highest BCUT2D eigenvalue weighted by Crippen LogP contribution is 2.39. The van der Waals surface area contributed by atoms with E-state index >= 15 is 0 Å². The molecule has 0 aliphatic carbocycles. The Morgan fingerprint density at radius 3 is 2.61 bits per heavy atom.